The Bertz CT molecular complexity index is 1380. The van der Waals surface area contributed by atoms with Crippen molar-refractivity contribution < 1.29 is 43.9 Å². The van der Waals surface area contributed by atoms with Crippen molar-refractivity contribution in [3.8, 4) is 11.5 Å². The normalized spacial score (nSPS) is 15.4. The average molecular weight is 679 g/mol. The van der Waals surface area contributed by atoms with Crippen molar-refractivity contribution in [2.45, 2.75) is 92.0 Å². The van der Waals surface area contributed by atoms with Crippen molar-refractivity contribution in [2.24, 2.45) is 0 Å². The number of likely N-dealkylation sites (tertiary alicyclic amines) is 2. The second-order valence-electron chi connectivity index (χ2n) is 13.1. The minimum absolute atomic E-state index is 0.0424. The number of aromatic hydroxyl groups is 1. The molecule has 2 amide bonds. The van der Waals surface area contributed by atoms with Gasteiger partial charge in [-0.1, -0.05) is 12.1 Å². The first-order valence-electron chi connectivity index (χ1n) is 15.5. The number of nitro groups is 2. The lowest BCUT2D eigenvalue weighted by Crippen LogP contribution is -2.35. The molecule has 0 radical (unpaired) electrons. The predicted octanol–water partition coefficient (Wildman–Crippen LogP) is 6.53. The number of nitro benzene ring substituents is 2. The number of benzene rings is 2. The molecule has 15 nitrogen and oxygen atoms in total. The quantitative estimate of drug-likeness (QED) is 0.265. The van der Waals surface area contributed by atoms with Gasteiger partial charge in [0, 0.05) is 38.3 Å². The van der Waals surface area contributed by atoms with Crippen molar-refractivity contribution in [3.63, 3.8) is 0 Å². The van der Waals surface area contributed by atoms with Crippen LogP contribution in [0.4, 0.5) is 21.0 Å². The van der Waals surface area contributed by atoms with Crippen LogP contribution in [0, 0.1) is 34.1 Å². The number of phenols is 1. The third kappa shape index (κ3) is 14.8. The molecular formula is C33H50N4O11. The second kappa shape index (κ2) is 18.6. The van der Waals surface area contributed by atoms with E-state index in [1.165, 1.54) is 43.2 Å². The SMILES string of the molecule is CC(C)(C)OC(=O)N1CCC(O)C1.CC(C)(C)OC(=O)N1CCCC1.COc1cccc([N+](=O)[O-])c1C.Cc1c(O)cccc1[N+](=O)[O-]. The second-order valence-corrected chi connectivity index (χ2v) is 13.1. The zero-order chi connectivity index (χ0) is 36.8. The molecular weight excluding hydrogens is 628 g/mol. The van der Waals surface area contributed by atoms with Gasteiger partial charge in [-0.2, -0.15) is 0 Å². The van der Waals surface area contributed by atoms with E-state index >= 15 is 0 Å². The first-order valence-corrected chi connectivity index (χ1v) is 15.5. The Morgan fingerprint density at radius 1 is 0.792 bits per heavy atom. The van der Waals surface area contributed by atoms with Crippen molar-refractivity contribution in [1.82, 2.24) is 9.80 Å². The van der Waals surface area contributed by atoms with Crippen LogP contribution in [0.25, 0.3) is 0 Å². The highest BCUT2D eigenvalue weighted by Gasteiger charge is 2.28. The lowest BCUT2D eigenvalue weighted by Gasteiger charge is -2.24. The number of β-amino-alcohol motifs (C(OH)–C–C–N with tert-alkyl or cyclic N) is 1. The molecule has 0 bridgehead atoms. The Balaban J connectivity index is 0.000000320. The summed E-state index contributed by atoms with van der Waals surface area (Å²) in [4.78, 5) is 45.8. The molecule has 1 atom stereocenters. The molecule has 0 aromatic heterocycles. The Morgan fingerprint density at radius 2 is 1.25 bits per heavy atom. The molecule has 2 saturated heterocycles. The highest BCUT2D eigenvalue weighted by molar-refractivity contribution is 5.68. The number of carbonyl (C=O) groups excluding carboxylic acids is 2. The summed E-state index contributed by atoms with van der Waals surface area (Å²) in [7, 11) is 1.49. The highest BCUT2D eigenvalue weighted by atomic mass is 16.6. The van der Waals surface area contributed by atoms with Crippen molar-refractivity contribution in [3.05, 3.63) is 67.8 Å². The van der Waals surface area contributed by atoms with Crippen LogP contribution in [0.5, 0.6) is 11.5 Å². The fourth-order valence-corrected chi connectivity index (χ4v) is 4.29. The molecule has 2 aromatic carbocycles. The molecule has 0 aliphatic carbocycles. The minimum atomic E-state index is -0.519. The molecule has 48 heavy (non-hydrogen) atoms. The lowest BCUT2D eigenvalue weighted by molar-refractivity contribution is -0.385. The molecule has 268 valence electrons. The van der Waals surface area contributed by atoms with Crippen LogP contribution in [0.1, 0.15) is 71.9 Å². The summed E-state index contributed by atoms with van der Waals surface area (Å²) in [5, 5.41) is 39.0. The standard InChI is InChI=1S/C9H17NO3.C9H17NO2.C8H9NO3.C7H7NO3/c1-9(2,3)13-8(12)10-5-4-7(11)6-10;1-9(2,3)12-8(11)10-6-4-5-7-10;1-6-7(9(10)11)4-3-5-8(6)12-2;1-5-6(8(10)11)3-2-4-7(5)9/h7,11H,4-6H2,1-3H3;4-7H2,1-3H3;3-5H,1-2H3;2-4,9H,1H3. The number of methoxy groups -OCH3 is 1. The molecule has 0 saturated carbocycles. The van der Waals surface area contributed by atoms with E-state index in [9.17, 15) is 34.9 Å². The third-order valence-corrected chi connectivity index (χ3v) is 6.72. The van der Waals surface area contributed by atoms with Gasteiger partial charge >= 0.3 is 12.2 Å². The van der Waals surface area contributed by atoms with Crippen LogP contribution in [-0.2, 0) is 9.47 Å². The van der Waals surface area contributed by atoms with E-state index in [2.05, 4.69) is 0 Å². The topological polar surface area (TPSA) is 195 Å². The van der Waals surface area contributed by atoms with Gasteiger partial charge in [0.25, 0.3) is 11.4 Å². The third-order valence-electron chi connectivity index (χ3n) is 6.72. The Hall–Kier alpha value is -4.66. The molecule has 4 rings (SSSR count). The molecule has 1 unspecified atom stereocenters. The molecule has 2 heterocycles. The molecule has 0 spiro atoms. The molecule has 2 aliphatic heterocycles. The van der Waals surface area contributed by atoms with Crippen LogP contribution in [0.15, 0.2) is 36.4 Å². The number of hydrogen-bond donors (Lipinski definition) is 2. The molecule has 15 heteroatoms. The van der Waals surface area contributed by atoms with Gasteiger partial charge in [-0.05, 0) is 86.8 Å². The number of carbonyl (C=O) groups is 2. The van der Waals surface area contributed by atoms with Gasteiger partial charge in [-0.25, -0.2) is 9.59 Å². The van der Waals surface area contributed by atoms with Crippen molar-refractivity contribution in [2.75, 3.05) is 33.3 Å². The van der Waals surface area contributed by atoms with Gasteiger partial charge in [-0.15, -0.1) is 0 Å². The van der Waals surface area contributed by atoms with E-state index in [0.717, 1.165) is 25.9 Å². The summed E-state index contributed by atoms with van der Waals surface area (Å²) < 4.78 is 15.3. The van der Waals surface area contributed by atoms with E-state index in [1.807, 2.05) is 41.5 Å². The number of rotatable bonds is 3. The summed E-state index contributed by atoms with van der Waals surface area (Å²) in [6.07, 6.45) is 1.99. The van der Waals surface area contributed by atoms with Crippen LogP contribution in [0.3, 0.4) is 0 Å². The number of nitrogens with zero attached hydrogens (tertiary/aromatic N) is 4. The zero-order valence-electron chi connectivity index (χ0n) is 29.3. The lowest BCUT2D eigenvalue weighted by atomic mass is 10.2. The van der Waals surface area contributed by atoms with Crippen LogP contribution >= 0.6 is 0 Å². The summed E-state index contributed by atoms with van der Waals surface area (Å²) >= 11 is 0. The summed E-state index contributed by atoms with van der Waals surface area (Å²) in [5.41, 5.74) is 0.0893. The molecule has 2 aromatic rings. The summed E-state index contributed by atoms with van der Waals surface area (Å²) in [6, 6.07) is 8.97. The first-order chi connectivity index (χ1) is 22.2. The highest BCUT2D eigenvalue weighted by Crippen LogP contribution is 2.27. The number of phenolic OH excluding ortho intramolecular Hbond substituents is 1. The Kier molecular flexibility index (Phi) is 16.0. The molecule has 2 N–H and O–H groups in total. The summed E-state index contributed by atoms with van der Waals surface area (Å²) in [6.45, 7) is 17.0. The number of hydrogen-bond acceptors (Lipinski definition) is 11. The Morgan fingerprint density at radius 3 is 1.65 bits per heavy atom. The average Bonchev–Trinajstić information content (AvgIpc) is 3.66. The van der Waals surface area contributed by atoms with Crippen LogP contribution in [-0.4, -0.2) is 92.6 Å². The number of aliphatic hydroxyl groups excluding tert-OH is 1. The van der Waals surface area contributed by atoms with Gasteiger partial charge in [0.1, 0.15) is 22.7 Å². The van der Waals surface area contributed by atoms with E-state index < -0.39 is 15.4 Å². The molecule has 2 fully saturated rings. The van der Waals surface area contributed by atoms with E-state index in [1.54, 1.807) is 24.0 Å². The predicted molar refractivity (Wildman–Crippen MR) is 179 cm³/mol. The largest absolute Gasteiger partial charge is 0.507 e. The van der Waals surface area contributed by atoms with Crippen LogP contribution < -0.4 is 4.74 Å². The van der Waals surface area contributed by atoms with Gasteiger partial charge in [-0.3, -0.25) is 20.2 Å². The van der Waals surface area contributed by atoms with Gasteiger partial charge < -0.3 is 34.2 Å². The maximum Gasteiger partial charge on any atom is 0.410 e. The number of ether oxygens (including phenoxy) is 3. The van der Waals surface area contributed by atoms with E-state index in [0.29, 0.717) is 36.4 Å². The maximum atomic E-state index is 11.4. The van der Waals surface area contributed by atoms with Gasteiger partial charge in [0.15, 0.2) is 0 Å². The monoisotopic (exact) mass is 678 g/mol. The van der Waals surface area contributed by atoms with Crippen molar-refractivity contribution >= 4 is 23.6 Å². The fraction of sp³-hybridized carbons (Fsp3) is 0.576. The van der Waals surface area contributed by atoms with Crippen LogP contribution in [0.2, 0.25) is 0 Å². The molecule has 2 aliphatic rings. The fourth-order valence-electron chi connectivity index (χ4n) is 4.29. The zero-order valence-corrected chi connectivity index (χ0v) is 29.3. The minimum Gasteiger partial charge on any atom is -0.507 e. The Labute approximate surface area is 281 Å². The first kappa shape index (κ1) is 41.4. The van der Waals surface area contributed by atoms with E-state index in [4.69, 9.17) is 19.3 Å². The number of amides is 2. The van der Waals surface area contributed by atoms with Gasteiger partial charge in [0.2, 0.25) is 0 Å². The summed E-state index contributed by atoms with van der Waals surface area (Å²) in [5.74, 6) is 0.503. The van der Waals surface area contributed by atoms with Crippen molar-refractivity contribution in [1.29, 1.82) is 0 Å². The number of aliphatic hydroxyl groups is 1. The van der Waals surface area contributed by atoms with E-state index in [-0.39, 0.29) is 41.0 Å². The van der Waals surface area contributed by atoms with Gasteiger partial charge in [0.05, 0.1) is 34.2 Å². The smallest absolute Gasteiger partial charge is 0.410 e. The maximum absolute atomic E-state index is 11.4.